The molecule has 9 heteroatoms. The zero-order chi connectivity index (χ0) is 15.7. The van der Waals surface area contributed by atoms with Crippen LogP contribution in [0.3, 0.4) is 0 Å². The number of hydrogen-bond donors (Lipinski definition) is 2. The van der Waals surface area contributed by atoms with E-state index >= 15 is 0 Å². The number of anilines is 1. The Balaban J connectivity index is 2.05. The van der Waals surface area contributed by atoms with Crippen molar-refractivity contribution in [2.24, 2.45) is 0 Å². The number of aromatic nitrogens is 2. The molecule has 2 aromatic heterocycles. The molecule has 0 saturated carbocycles. The second-order valence-corrected chi connectivity index (χ2v) is 4.33. The number of nitro benzene ring substituents is 1. The van der Waals surface area contributed by atoms with E-state index in [0.29, 0.717) is 0 Å². The molecule has 110 valence electrons. The van der Waals surface area contributed by atoms with Gasteiger partial charge in [0.1, 0.15) is 5.69 Å². The molecule has 1 amide bonds. The van der Waals surface area contributed by atoms with Crippen molar-refractivity contribution in [3.63, 3.8) is 0 Å². The highest BCUT2D eigenvalue weighted by Crippen LogP contribution is 2.29. The van der Waals surface area contributed by atoms with Gasteiger partial charge in [-0.2, -0.15) is 0 Å². The van der Waals surface area contributed by atoms with Gasteiger partial charge in [-0.3, -0.25) is 24.9 Å². The van der Waals surface area contributed by atoms with Crippen LogP contribution in [0.4, 0.5) is 11.4 Å². The second kappa shape index (κ2) is 5.13. The fourth-order valence-electron chi connectivity index (χ4n) is 1.93. The number of aromatic amines is 1. The summed E-state index contributed by atoms with van der Waals surface area (Å²) in [7, 11) is 0. The quantitative estimate of drug-likeness (QED) is 0.558. The van der Waals surface area contributed by atoms with E-state index in [4.69, 9.17) is 4.42 Å². The Morgan fingerprint density at radius 2 is 2.23 bits per heavy atom. The molecule has 22 heavy (non-hydrogen) atoms. The smallest absolute Gasteiger partial charge is 0.408 e. The van der Waals surface area contributed by atoms with Gasteiger partial charge in [-0.15, -0.1) is 0 Å². The van der Waals surface area contributed by atoms with E-state index in [9.17, 15) is 19.7 Å². The lowest BCUT2D eigenvalue weighted by Gasteiger charge is -2.05. The molecule has 0 saturated heterocycles. The van der Waals surface area contributed by atoms with Crippen LogP contribution in [0, 0.1) is 10.1 Å². The molecule has 0 spiro atoms. The number of hydrogen-bond acceptors (Lipinski definition) is 6. The van der Waals surface area contributed by atoms with Crippen LogP contribution in [0.15, 0.2) is 45.9 Å². The highest BCUT2D eigenvalue weighted by molar-refractivity contribution is 6.06. The lowest BCUT2D eigenvalue weighted by Crippen LogP contribution is -2.13. The molecule has 2 N–H and O–H groups in total. The van der Waals surface area contributed by atoms with Crippen LogP contribution < -0.4 is 11.1 Å². The molecule has 0 fully saturated rings. The fraction of sp³-hybridized carbons (Fsp3) is 0. The third-order valence-corrected chi connectivity index (χ3v) is 2.91. The molecule has 3 aromatic rings. The lowest BCUT2D eigenvalue weighted by atomic mass is 10.2. The summed E-state index contributed by atoms with van der Waals surface area (Å²) in [5, 5.41) is 13.5. The van der Waals surface area contributed by atoms with Crippen LogP contribution in [0.5, 0.6) is 0 Å². The standard InChI is InChI=1S/C13H8N4O5/c18-12(7-2-1-3-14-6-7)15-8-5-11-9(16-13(19)22-11)4-10(8)17(20)21/h1-6H,(H,15,18)(H,16,19). The predicted molar refractivity (Wildman–Crippen MR) is 75.7 cm³/mol. The minimum atomic E-state index is -0.736. The van der Waals surface area contributed by atoms with Gasteiger partial charge >= 0.3 is 5.76 Å². The Kier molecular flexibility index (Phi) is 3.14. The number of rotatable bonds is 3. The fourth-order valence-corrected chi connectivity index (χ4v) is 1.93. The maximum Gasteiger partial charge on any atom is 0.417 e. The van der Waals surface area contributed by atoms with E-state index in [-0.39, 0.29) is 28.0 Å². The Morgan fingerprint density at radius 3 is 2.91 bits per heavy atom. The van der Waals surface area contributed by atoms with Crippen molar-refractivity contribution in [1.29, 1.82) is 0 Å². The Morgan fingerprint density at radius 1 is 1.41 bits per heavy atom. The summed E-state index contributed by atoms with van der Waals surface area (Å²) < 4.78 is 4.83. The zero-order valence-electron chi connectivity index (χ0n) is 10.9. The third kappa shape index (κ3) is 2.42. The number of nitrogens with one attached hydrogen (secondary N) is 2. The Hall–Kier alpha value is -3.49. The van der Waals surface area contributed by atoms with Gasteiger partial charge in [0.05, 0.1) is 16.0 Å². The molecule has 0 aliphatic heterocycles. The van der Waals surface area contributed by atoms with Gasteiger partial charge in [0, 0.05) is 24.5 Å². The molecule has 2 heterocycles. The normalized spacial score (nSPS) is 10.5. The second-order valence-electron chi connectivity index (χ2n) is 4.33. The first-order valence-electron chi connectivity index (χ1n) is 6.07. The zero-order valence-corrected chi connectivity index (χ0v) is 10.9. The Bertz CT molecular complexity index is 929. The molecule has 9 nitrogen and oxygen atoms in total. The van der Waals surface area contributed by atoms with E-state index in [0.717, 1.165) is 6.07 Å². The van der Waals surface area contributed by atoms with E-state index in [1.807, 2.05) is 0 Å². The maximum absolute atomic E-state index is 12.1. The van der Waals surface area contributed by atoms with Crippen LogP contribution in [0.2, 0.25) is 0 Å². The highest BCUT2D eigenvalue weighted by atomic mass is 16.6. The monoisotopic (exact) mass is 300 g/mol. The van der Waals surface area contributed by atoms with Crippen molar-refractivity contribution in [3.05, 3.63) is 62.9 Å². The first kappa shape index (κ1) is 13.5. The van der Waals surface area contributed by atoms with Gasteiger partial charge in [0.25, 0.3) is 11.6 Å². The van der Waals surface area contributed by atoms with Crippen LogP contribution in [-0.2, 0) is 0 Å². The van der Waals surface area contributed by atoms with Crippen LogP contribution >= 0.6 is 0 Å². The number of oxazole rings is 1. The van der Waals surface area contributed by atoms with E-state index in [1.54, 1.807) is 6.07 Å². The largest absolute Gasteiger partial charge is 0.417 e. The summed E-state index contributed by atoms with van der Waals surface area (Å²) in [5.41, 5.74) is 0.0940. The topological polar surface area (TPSA) is 131 Å². The minimum Gasteiger partial charge on any atom is -0.408 e. The van der Waals surface area contributed by atoms with Gasteiger partial charge in [-0.05, 0) is 12.1 Å². The summed E-state index contributed by atoms with van der Waals surface area (Å²) in [6, 6.07) is 5.43. The van der Waals surface area contributed by atoms with Crippen LogP contribution in [0.25, 0.3) is 11.1 Å². The summed E-state index contributed by atoms with van der Waals surface area (Å²) in [4.78, 5) is 39.8. The number of pyridine rings is 1. The van der Waals surface area contributed by atoms with E-state index in [1.165, 1.54) is 24.5 Å². The number of amides is 1. The molecule has 3 rings (SSSR count). The number of benzene rings is 1. The summed E-state index contributed by atoms with van der Waals surface area (Å²) in [6.07, 6.45) is 2.83. The number of nitro groups is 1. The lowest BCUT2D eigenvalue weighted by molar-refractivity contribution is -0.383. The predicted octanol–water partition coefficient (Wildman–Crippen LogP) is 1.68. The highest BCUT2D eigenvalue weighted by Gasteiger charge is 2.20. The van der Waals surface area contributed by atoms with Crippen LogP contribution in [-0.4, -0.2) is 20.8 Å². The maximum atomic E-state index is 12.1. The van der Waals surface area contributed by atoms with E-state index in [2.05, 4.69) is 15.3 Å². The van der Waals surface area contributed by atoms with Crippen molar-refractivity contribution in [2.75, 3.05) is 5.32 Å². The molecule has 0 unspecified atom stereocenters. The van der Waals surface area contributed by atoms with Crippen molar-refractivity contribution in [2.45, 2.75) is 0 Å². The average molecular weight is 300 g/mol. The first-order valence-corrected chi connectivity index (χ1v) is 6.07. The minimum absolute atomic E-state index is 0.0749. The number of carbonyl (C=O) groups is 1. The number of H-pyrrole nitrogens is 1. The third-order valence-electron chi connectivity index (χ3n) is 2.91. The Labute approximate surface area is 121 Å². The van der Waals surface area contributed by atoms with Gasteiger partial charge in [0.15, 0.2) is 5.58 Å². The molecule has 0 radical (unpaired) electrons. The first-order chi connectivity index (χ1) is 10.5. The van der Waals surface area contributed by atoms with Crippen molar-refractivity contribution >= 4 is 28.4 Å². The van der Waals surface area contributed by atoms with Crippen LogP contribution in [0.1, 0.15) is 10.4 Å². The molecule has 1 aromatic carbocycles. The number of fused-ring (bicyclic) bond motifs is 1. The van der Waals surface area contributed by atoms with Gasteiger partial charge in [-0.25, -0.2) is 4.79 Å². The molecular weight excluding hydrogens is 292 g/mol. The summed E-state index contributed by atoms with van der Waals surface area (Å²) >= 11 is 0. The summed E-state index contributed by atoms with van der Waals surface area (Å²) in [5.74, 6) is -1.30. The average Bonchev–Trinajstić information content (AvgIpc) is 2.86. The number of nitrogens with zero attached hydrogens (tertiary/aromatic N) is 2. The van der Waals surface area contributed by atoms with Crippen molar-refractivity contribution < 1.29 is 14.1 Å². The van der Waals surface area contributed by atoms with Crippen molar-refractivity contribution in [1.82, 2.24) is 9.97 Å². The summed E-state index contributed by atoms with van der Waals surface area (Å²) in [6.45, 7) is 0. The molecule has 0 bridgehead atoms. The van der Waals surface area contributed by atoms with Gasteiger partial charge in [-0.1, -0.05) is 0 Å². The van der Waals surface area contributed by atoms with Gasteiger partial charge < -0.3 is 9.73 Å². The molecular formula is C13H8N4O5. The van der Waals surface area contributed by atoms with Gasteiger partial charge in [0.2, 0.25) is 0 Å². The van der Waals surface area contributed by atoms with E-state index < -0.39 is 16.6 Å². The SMILES string of the molecule is O=C(Nc1cc2oc(=O)[nH]c2cc1[N+](=O)[O-])c1cccnc1. The number of carbonyl (C=O) groups excluding carboxylic acids is 1. The molecule has 0 aliphatic carbocycles. The molecule has 0 atom stereocenters. The molecule has 0 aliphatic rings. The van der Waals surface area contributed by atoms with Crippen molar-refractivity contribution in [3.8, 4) is 0 Å².